The summed E-state index contributed by atoms with van der Waals surface area (Å²) in [6.07, 6.45) is 18.6. The van der Waals surface area contributed by atoms with Gasteiger partial charge in [0, 0.05) is 42.7 Å². The fraction of sp³-hybridized carbons (Fsp3) is 1.00. The van der Waals surface area contributed by atoms with E-state index in [-0.39, 0.29) is 12.4 Å². The maximum Gasteiger partial charge on any atom is 0.310 e. The first-order valence-electron chi connectivity index (χ1n) is 12.8. The van der Waals surface area contributed by atoms with Crippen LogP contribution in [0.3, 0.4) is 0 Å². The molecule has 0 aromatic rings. The zero-order valence-corrected chi connectivity index (χ0v) is 22.7. The van der Waals surface area contributed by atoms with Gasteiger partial charge in [-0.2, -0.15) is 0 Å². The molecular formula is C26H56O6. The quantitative estimate of drug-likeness (QED) is 0.126. The molecule has 0 amide bonds. The topological polar surface area (TPSA) is 55.4 Å². The number of hydrogen-bond donors (Lipinski definition) is 0. The van der Waals surface area contributed by atoms with Gasteiger partial charge < -0.3 is 28.4 Å². The van der Waals surface area contributed by atoms with E-state index in [2.05, 4.69) is 13.8 Å². The lowest BCUT2D eigenvalue weighted by Gasteiger charge is -2.35. The Labute approximate surface area is 200 Å². The largest absolute Gasteiger partial charge is 0.373 e. The van der Waals surface area contributed by atoms with E-state index < -0.39 is 5.97 Å². The predicted octanol–water partition coefficient (Wildman–Crippen LogP) is 7.09. The van der Waals surface area contributed by atoms with E-state index in [1.807, 2.05) is 0 Å². The molecule has 6 heteroatoms. The van der Waals surface area contributed by atoms with Gasteiger partial charge in [0.1, 0.15) is 6.10 Å². The fourth-order valence-corrected chi connectivity index (χ4v) is 3.79. The Morgan fingerprint density at radius 2 is 0.844 bits per heavy atom. The van der Waals surface area contributed by atoms with Crippen molar-refractivity contribution in [2.45, 2.75) is 129 Å². The fourth-order valence-electron chi connectivity index (χ4n) is 3.79. The maximum absolute atomic E-state index is 5.44. The number of rotatable bonds is 22. The van der Waals surface area contributed by atoms with Crippen molar-refractivity contribution in [3.63, 3.8) is 0 Å². The average molecular weight is 465 g/mol. The number of unbranched alkanes of at least 4 members (excludes halogenated alkanes) is 11. The van der Waals surface area contributed by atoms with Gasteiger partial charge in [-0.05, 0) is 19.3 Å². The molecule has 1 atom stereocenters. The van der Waals surface area contributed by atoms with Gasteiger partial charge in [0.05, 0.1) is 0 Å². The monoisotopic (exact) mass is 464 g/mol. The van der Waals surface area contributed by atoms with Gasteiger partial charge in [-0.15, -0.1) is 0 Å². The number of ether oxygens (including phenoxy) is 6. The second kappa shape index (κ2) is 25.4. The molecule has 0 N–H and O–H groups in total. The van der Waals surface area contributed by atoms with Crippen LogP contribution in [0.1, 0.15) is 110 Å². The van der Waals surface area contributed by atoms with Gasteiger partial charge in [-0.25, -0.2) is 0 Å². The summed E-state index contributed by atoms with van der Waals surface area (Å²) in [5.41, 5.74) is 0. The molecule has 0 aromatic carbocycles. The minimum atomic E-state index is -1.09. The van der Waals surface area contributed by atoms with E-state index in [1.54, 1.807) is 42.7 Å². The van der Waals surface area contributed by atoms with Crippen molar-refractivity contribution in [2.24, 2.45) is 0 Å². The summed E-state index contributed by atoms with van der Waals surface area (Å²) in [5.74, 6) is -1.09. The van der Waals surface area contributed by atoms with Crippen molar-refractivity contribution in [1.82, 2.24) is 0 Å². The lowest BCUT2D eigenvalue weighted by atomic mass is 10.1. The summed E-state index contributed by atoms with van der Waals surface area (Å²) in [6.45, 7) is 4.48. The van der Waals surface area contributed by atoms with Crippen molar-refractivity contribution in [3.05, 3.63) is 0 Å². The van der Waals surface area contributed by atoms with Crippen LogP contribution in [0.5, 0.6) is 0 Å². The van der Waals surface area contributed by atoms with Gasteiger partial charge in [0.2, 0.25) is 0 Å². The predicted molar refractivity (Wildman–Crippen MR) is 133 cm³/mol. The molecule has 0 aliphatic rings. The summed E-state index contributed by atoms with van der Waals surface area (Å²) >= 11 is 0. The highest BCUT2D eigenvalue weighted by Gasteiger charge is 2.40. The summed E-state index contributed by atoms with van der Waals surface area (Å²) in [7, 11) is 9.78. The smallest absolute Gasteiger partial charge is 0.310 e. The van der Waals surface area contributed by atoms with E-state index in [1.165, 1.54) is 77.0 Å². The van der Waals surface area contributed by atoms with Crippen molar-refractivity contribution in [1.29, 1.82) is 0 Å². The van der Waals surface area contributed by atoms with Crippen LogP contribution in [0.4, 0.5) is 0 Å². The molecule has 0 fully saturated rings. The Morgan fingerprint density at radius 3 is 1.19 bits per heavy atom. The van der Waals surface area contributed by atoms with E-state index in [4.69, 9.17) is 28.4 Å². The molecule has 1 unspecified atom stereocenters. The van der Waals surface area contributed by atoms with E-state index in [9.17, 15) is 0 Å². The maximum atomic E-state index is 5.44. The Hall–Kier alpha value is -0.240. The van der Waals surface area contributed by atoms with Crippen LogP contribution in [0.15, 0.2) is 0 Å². The molecule has 6 nitrogen and oxygen atoms in total. The molecule has 0 heterocycles. The van der Waals surface area contributed by atoms with E-state index in [0.717, 1.165) is 19.3 Å². The highest BCUT2D eigenvalue weighted by Crippen LogP contribution is 2.24. The molecule has 0 aromatic heterocycles. The normalized spacial score (nSPS) is 12.7. The standard InChI is InChI=1S/C14H30O4.C12H26O2/c1-6-7-8-9-10-11-12-13(15-2)14(16-3,17-4)18-5;1-4-5-6-7-8-9-10-11-12(13-2)14-3/h13H,6-12H2,1-5H3;12H,4-11H2,1-3H3. The highest BCUT2D eigenvalue weighted by atomic mass is 16.9. The van der Waals surface area contributed by atoms with E-state index >= 15 is 0 Å². The molecule has 0 saturated carbocycles. The minimum absolute atomic E-state index is 0.00522. The number of hydrogen-bond acceptors (Lipinski definition) is 6. The molecule has 32 heavy (non-hydrogen) atoms. The molecule has 0 radical (unpaired) electrons. The summed E-state index contributed by atoms with van der Waals surface area (Å²) in [6, 6.07) is 0. The second-order valence-electron chi connectivity index (χ2n) is 8.31. The minimum Gasteiger partial charge on any atom is -0.373 e. The Morgan fingerprint density at radius 1 is 0.469 bits per heavy atom. The van der Waals surface area contributed by atoms with Gasteiger partial charge >= 0.3 is 5.97 Å². The zero-order valence-electron chi connectivity index (χ0n) is 22.7. The van der Waals surface area contributed by atoms with Crippen LogP contribution in [0.2, 0.25) is 0 Å². The first kappa shape index (κ1) is 33.9. The van der Waals surface area contributed by atoms with Crippen LogP contribution in [-0.4, -0.2) is 61.0 Å². The third-order valence-electron chi connectivity index (χ3n) is 5.92. The van der Waals surface area contributed by atoms with Gasteiger partial charge in [0.15, 0.2) is 6.29 Å². The van der Waals surface area contributed by atoms with Gasteiger partial charge in [-0.1, -0.05) is 90.9 Å². The van der Waals surface area contributed by atoms with Crippen molar-refractivity contribution < 1.29 is 28.4 Å². The highest BCUT2D eigenvalue weighted by molar-refractivity contribution is 4.71. The summed E-state index contributed by atoms with van der Waals surface area (Å²) < 4.78 is 31.6. The van der Waals surface area contributed by atoms with Gasteiger partial charge in [-0.3, -0.25) is 0 Å². The molecule has 0 aliphatic heterocycles. The van der Waals surface area contributed by atoms with Gasteiger partial charge in [0.25, 0.3) is 0 Å². The molecule has 0 bridgehead atoms. The summed E-state index contributed by atoms with van der Waals surface area (Å²) in [5, 5.41) is 0. The molecule has 0 aliphatic carbocycles. The van der Waals surface area contributed by atoms with E-state index in [0.29, 0.717) is 0 Å². The second-order valence-corrected chi connectivity index (χ2v) is 8.31. The Kier molecular flexibility index (Phi) is 26.9. The van der Waals surface area contributed by atoms with Crippen molar-refractivity contribution >= 4 is 0 Å². The molecule has 196 valence electrons. The van der Waals surface area contributed by atoms with Crippen LogP contribution in [0, 0.1) is 0 Å². The Balaban J connectivity index is 0. The van der Waals surface area contributed by atoms with Crippen molar-refractivity contribution in [3.8, 4) is 0 Å². The third kappa shape index (κ3) is 17.3. The first-order valence-corrected chi connectivity index (χ1v) is 12.8. The molecule has 0 rings (SSSR count). The SMILES string of the molecule is CCCCCCCCC(OC)C(OC)(OC)OC.CCCCCCCCCC(OC)OC. The van der Waals surface area contributed by atoms with Crippen LogP contribution >= 0.6 is 0 Å². The molecule has 0 spiro atoms. The third-order valence-corrected chi connectivity index (χ3v) is 5.92. The number of methoxy groups -OCH3 is 6. The van der Waals surface area contributed by atoms with Crippen LogP contribution < -0.4 is 0 Å². The van der Waals surface area contributed by atoms with Crippen LogP contribution in [0.25, 0.3) is 0 Å². The Bertz CT molecular complexity index is 337. The molecule has 0 saturated heterocycles. The zero-order chi connectivity index (χ0) is 24.5. The lowest BCUT2D eigenvalue weighted by molar-refractivity contribution is -0.391. The first-order chi connectivity index (χ1) is 15.5. The van der Waals surface area contributed by atoms with Crippen LogP contribution in [-0.2, 0) is 28.4 Å². The average Bonchev–Trinajstić information content (AvgIpc) is 2.83. The molecular weight excluding hydrogens is 408 g/mol. The summed E-state index contributed by atoms with van der Waals surface area (Å²) in [4.78, 5) is 0. The lowest BCUT2D eigenvalue weighted by Crippen LogP contribution is -2.48. The van der Waals surface area contributed by atoms with Crippen molar-refractivity contribution in [2.75, 3.05) is 42.7 Å².